The van der Waals surface area contributed by atoms with E-state index in [1.165, 1.54) is 68.9 Å². The lowest BCUT2D eigenvalue weighted by Crippen LogP contribution is -2.55. The average Bonchev–Trinajstić information content (AvgIpc) is 2.95. The molecule has 196 valence electrons. The fraction of sp³-hybridized carbons (Fsp3) is 0.781. The molecule has 1 aromatic carbocycles. The zero-order chi connectivity index (χ0) is 25.8. The summed E-state index contributed by atoms with van der Waals surface area (Å²) in [6.45, 7) is 24.7. The summed E-state index contributed by atoms with van der Waals surface area (Å²) in [4.78, 5) is 0. The number of benzene rings is 1. The lowest BCUT2D eigenvalue weighted by atomic mass is 9.70. The van der Waals surface area contributed by atoms with Crippen LogP contribution in [0.15, 0.2) is 18.2 Å². The third kappa shape index (κ3) is 4.93. The number of piperidine rings is 1. The molecule has 1 aliphatic carbocycles. The first-order valence-electron chi connectivity index (χ1n) is 14.6. The molecule has 35 heavy (non-hydrogen) atoms. The Balaban J connectivity index is 2.01. The monoisotopic (exact) mass is 497 g/mol. The second-order valence-corrected chi connectivity index (χ2v) is 15.7. The highest BCUT2D eigenvalue weighted by molar-refractivity contribution is 7.56. The third-order valence-corrected chi connectivity index (χ3v) is 11.9. The van der Waals surface area contributed by atoms with Gasteiger partial charge in [0.15, 0.2) is 11.0 Å². The summed E-state index contributed by atoms with van der Waals surface area (Å²) in [5.41, 5.74) is 7.41. The highest BCUT2D eigenvalue weighted by atomic mass is 31.1. The summed E-state index contributed by atoms with van der Waals surface area (Å²) in [7, 11) is 0.768. The topological polar surface area (TPSA) is 6.25 Å². The number of hydrogen-bond donors (Lipinski definition) is 0. The van der Waals surface area contributed by atoms with Gasteiger partial charge in [-0.1, -0.05) is 65.2 Å². The van der Waals surface area contributed by atoms with E-state index in [1.54, 1.807) is 11.1 Å². The van der Waals surface area contributed by atoms with Crippen LogP contribution in [0.4, 0.5) is 5.69 Å². The molecular formula is C32H54N2P+. The van der Waals surface area contributed by atoms with Gasteiger partial charge in [-0.2, -0.15) is 4.58 Å². The van der Waals surface area contributed by atoms with Crippen LogP contribution in [0.3, 0.4) is 0 Å². The first-order valence-corrected chi connectivity index (χ1v) is 15.5. The Morgan fingerprint density at radius 1 is 0.743 bits per heavy atom. The van der Waals surface area contributed by atoms with Gasteiger partial charge in [0.25, 0.3) is 0 Å². The third-order valence-electron chi connectivity index (χ3n) is 9.48. The van der Waals surface area contributed by atoms with Crippen LogP contribution in [-0.4, -0.2) is 31.3 Å². The molecule has 1 unspecified atom stereocenters. The summed E-state index contributed by atoms with van der Waals surface area (Å²) in [5.74, 6) is 1.05. The molecule has 2 nitrogen and oxygen atoms in total. The molecule has 3 heteroatoms. The van der Waals surface area contributed by atoms with Gasteiger partial charge >= 0.3 is 0 Å². The second kappa shape index (κ2) is 9.54. The van der Waals surface area contributed by atoms with E-state index in [-0.39, 0.29) is 16.6 Å². The number of para-hydroxylation sites is 1. The molecule has 0 amide bonds. The normalized spacial score (nSPS) is 26.1. The fourth-order valence-corrected chi connectivity index (χ4v) is 10.1. The molecule has 0 radical (unpaired) electrons. The van der Waals surface area contributed by atoms with Gasteiger partial charge in [0.1, 0.15) is 0 Å². The van der Waals surface area contributed by atoms with Crippen molar-refractivity contribution in [1.29, 1.82) is 0 Å². The van der Waals surface area contributed by atoms with Gasteiger partial charge in [0.2, 0.25) is 5.69 Å². The molecule has 0 aromatic heterocycles. The predicted octanol–water partition coefficient (Wildman–Crippen LogP) is 9.75. The van der Waals surface area contributed by atoms with Crippen molar-refractivity contribution in [3.05, 3.63) is 29.3 Å². The van der Waals surface area contributed by atoms with Crippen molar-refractivity contribution in [2.45, 2.75) is 155 Å². The van der Waals surface area contributed by atoms with Crippen LogP contribution in [0, 0.1) is 5.41 Å². The van der Waals surface area contributed by atoms with Gasteiger partial charge in [-0.25, -0.2) is 0 Å². The summed E-state index contributed by atoms with van der Waals surface area (Å²) in [6, 6.07) is 7.15. The Morgan fingerprint density at radius 2 is 1.26 bits per heavy atom. The summed E-state index contributed by atoms with van der Waals surface area (Å²) in [5, 5.41) is 0. The lowest BCUT2D eigenvalue weighted by Gasteiger charge is -2.52. The molecule has 1 saturated heterocycles. The van der Waals surface area contributed by atoms with Crippen LogP contribution in [-0.2, 0) is 0 Å². The standard InChI is InChI=1S/C32H54N2P/c1-23(2)25-16-14-17-26(24(3)4)27(25)33-28(32(22-31(33,9)10)20-12-11-13-21-32)35-34-29(5,6)18-15-19-30(34,7)8/h14,16-17,23-24,35H,11-13,15,18-22H2,1-10H3/q+1. The first kappa shape index (κ1) is 27.3. The van der Waals surface area contributed by atoms with E-state index in [2.05, 4.69) is 96.7 Å². The Labute approximate surface area is 219 Å². The van der Waals surface area contributed by atoms with E-state index >= 15 is 0 Å². The number of hydrogen-bond acceptors (Lipinski definition) is 1. The van der Waals surface area contributed by atoms with E-state index in [4.69, 9.17) is 0 Å². The molecule has 2 fully saturated rings. The van der Waals surface area contributed by atoms with Gasteiger partial charge in [0, 0.05) is 51.2 Å². The highest BCUT2D eigenvalue weighted by Gasteiger charge is 2.59. The van der Waals surface area contributed by atoms with Crippen molar-refractivity contribution < 1.29 is 4.58 Å². The molecule has 2 heterocycles. The molecular weight excluding hydrogens is 443 g/mol. The zero-order valence-corrected chi connectivity index (χ0v) is 25.6. The minimum absolute atomic E-state index is 0.137. The molecule has 0 N–H and O–H groups in total. The van der Waals surface area contributed by atoms with Gasteiger partial charge in [-0.3, -0.25) is 4.67 Å². The van der Waals surface area contributed by atoms with Gasteiger partial charge in [-0.15, -0.1) is 0 Å². The van der Waals surface area contributed by atoms with Crippen molar-refractivity contribution in [1.82, 2.24) is 4.67 Å². The molecule has 0 bridgehead atoms. The van der Waals surface area contributed by atoms with Gasteiger partial charge in [-0.05, 0) is 71.6 Å². The van der Waals surface area contributed by atoms with Crippen LogP contribution in [0.1, 0.15) is 150 Å². The summed E-state index contributed by atoms with van der Waals surface area (Å²) < 4.78 is 5.87. The van der Waals surface area contributed by atoms with Crippen LogP contribution < -0.4 is 0 Å². The average molecular weight is 498 g/mol. The van der Waals surface area contributed by atoms with Crippen LogP contribution in [0.5, 0.6) is 0 Å². The van der Waals surface area contributed by atoms with E-state index in [0.717, 1.165) is 8.73 Å². The quantitative estimate of drug-likeness (QED) is 0.290. The first-order chi connectivity index (χ1) is 16.2. The van der Waals surface area contributed by atoms with Crippen molar-refractivity contribution in [3.8, 4) is 0 Å². The minimum Gasteiger partial charge on any atom is -0.265 e. The SMILES string of the molecule is CC(C)c1cccc(C(C)C)c1[N+]1=C(PN2C(C)(C)CCCC2(C)C)C2(CCCCC2)CC1(C)C. The molecule has 1 aromatic rings. The van der Waals surface area contributed by atoms with Crippen molar-refractivity contribution in [2.75, 3.05) is 0 Å². The smallest absolute Gasteiger partial charge is 0.212 e. The Bertz CT molecular complexity index is 918. The summed E-state index contributed by atoms with van der Waals surface area (Å²) >= 11 is 0. The maximum Gasteiger partial charge on any atom is 0.212 e. The molecule has 1 spiro atoms. The van der Waals surface area contributed by atoms with E-state index in [1.807, 2.05) is 0 Å². The second-order valence-electron chi connectivity index (χ2n) is 14.5. The highest BCUT2D eigenvalue weighted by Crippen LogP contribution is 2.59. The van der Waals surface area contributed by atoms with Crippen molar-refractivity contribution >= 4 is 19.9 Å². The van der Waals surface area contributed by atoms with Crippen LogP contribution in [0.25, 0.3) is 0 Å². The molecule has 1 atom stereocenters. The fourth-order valence-electron chi connectivity index (χ4n) is 7.93. The lowest BCUT2D eigenvalue weighted by molar-refractivity contribution is -0.514. The maximum atomic E-state index is 2.94. The van der Waals surface area contributed by atoms with Crippen molar-refractivity contribution in [2.24, 2.45) is 5.41 Å². The summed E-state index contributed by atoms with van der Waals surface area (Å²) in [6.07, 6.45) is 12.3. The Morgan fingerprint density at radius 3 is 1.74 bits per heavy atom. The number of nitrogens with zero attached hydrogens (tertiary/aromatic N) is 2. The van der Waals surface area contributed by atoms with E-state index < -0.39 is 0 Å². The van der Waals surface area contributed by atoms with Crippen LogP contribution >= 0.6 is 8.73 Å². The zero-order valence-electron chi connectivity index (χ0n) is 24.6. The maximum absolute atomic E-state index is 2.94. The molecule has 2 aliphatic heterocycles. The van der Waals surface area contributed by atoms with E-state index in [9.17, 15) is 0 Å². The molecule has 3 aliphatic rings. The Kier molecular flexibility index (Phi) is 7.45. The largest absolute Gasteiger partial charge is 0.265 e. The van der Waals surface area contributed by atoms with E-state index in [0.29, 0.717) is 17.3 Å². The van der Waals surface area contributed by atoms with Gasteiger partial charge in [0.05, 0.1) is 5.41 Å². The van der Waals surface area contributed by atoms with Gasteiger partial charge < -0.3 is 0 Å². The van der Waals surface area contributed by atoms with Crippen LogP contribution in [0.2, 0.25) is 0 Å². The predicted molar refractivity (Wildman–Crippen MR) is 156 cm³/mol. The Hall–Kier alpha value is -0.720. The minimum atomic E-state index is 0.137. The number of rotatable bonds is 5. The molecule has 1 saturated carbocycles. The molecule has 4 rings (SSSR count). The van der Waals surface area contributed by atoms with Crippen molar-refractivity contribution in [3.63, 3.8) is 0 Å².